The van der Waals surface area contributed by atoms with Gasteiger partial charge in [0.2, 0.25) is 0 Å². The molecule has 5 rings (SSSR count). The van der Waals surface area contributed by atoms with E-state index in [9.17, 15) is 0 Å². The minimum absolute atomic E-state index is 0.928. The van der Waals surface area contributed by atoms with Crippen LogP contribution in [0, 0.1) is 13.3 Å². The Balaban J connectivity index is 1.70. The van der Waals surface area contributed by atoms with E-state index in [1.807, 2.05) is 19.1 Å². The van der Waals surface area contributed by atoms with Gasteiger partial charge < -0.3 is 4.42 Å². The van der Waals surface area contributed by atoms with Crippen LogP contribution in [0.3, 0.4) is 0 Å². The molecule has 1 heterocycles. The van der Waals surface area contributed by atoms with Crippen LogP contribution in [-0.2, 0) is 0 Å². The first kappa shape index (κ1) is 14.3. The van der Waals surface area contributed by atoms with Crippen molar-refractivity contribution in [1.82, 2.24) is 0 Å². The lowest BCUT2D eigenvalue weighted by Crippen LogP contribution is -1.87. The minimum Gasteiger partial charge on any atom is -0.462 e. The van der Waals surface area contributed by atoms with E-state index in [2.05, 4.69) is 73.2 Å². The number of hydrogen-bond donors (Lipinski definition) is 0. The summed E-state index contributed by atoms with van der Waals surface area (Å²) in [5.41, 5.74) is 6.19. The van der Waals surface area contributed by atoms with Crippen molar-refractivity contribution in [3.05, 3.63) is 102 Å². The van der Waals surface area contributed by atoms with Gasteiger partial charge in [0, 0.05) is 12.0 Å². The number of hydrogen-bond acceptors (Lipinski definition) is 1. The Bertz CT molecular complexity index is 1120. The molecule has 0 bridgehead atoms. The van der Waals surface area contributed by atoms with Crippen molar-refractivity contribution in [2.75, 3.05) is 0 Å². The van der Waals surface area contributed by atoms with Crippen LogP contribution in [0.2, 0.25) is 0 Å². The van der Waals surface area contributed by atoms with E-state index in [-0.39, 0.29) is 0 Å². The Labute approximate surface area is 147 Å². The molecule has 4 aromatic rings. The summed E-state index contributed by atoms with van der Waals surface area (Å²) < 4.78 is 5.81. The van der Waals surface area contributed by atoms with Gasteiger partial charge in [-0.3, -0.25) is 0 Å². The molecule has 0 unspecified atom stereocenters. The standard InChI is InChI=1S/C24H17O/c1-16-12-13-24(25-16)19-14-18-8-5-11-22(23(18)15-19)21-10-4-7-17-6-2-3-9-20(17)21/h2-15H,1H3. The SMILES string of the molecule is Cc1ccc(C2=Cc3c(cccc3-c3cccc4ccccc34)[CH]2)o1. The molecule has 1 nitrogen and oxygen atoms in total. The van der Waals surface area contributed by atoms with Crippen LogP contribution in [0.4, 0.5) is 0 Å². The van der Waals surface area contributed by atoms with Gasteiger partial charge in [0.25, 0.3) is 0 Å². The summed E-state index contributed by atoms with van der Waals surface area (Å²) in [7, 11) is 0. The summed E-state index contributed by atoms with van der Waals surface area (Å²) in [5.74, 6) is 1.87. The average Bonchev–Trinajstić information content (AvgIpc) is 3.27. The largest absolute Gasteiger partial charge is 0.462 e. The average molecular weight is 321 g/mol. The van der Waals surface area contributed by atoms with Gasteiger partial charge in [-0.15, -0.1) is 0 Å². The molecule has 0 aliphatic heterocycles. The van der Waals surface area contributed by atoms with Crippen LogP contribution in [0.15, 0.2) is 77.2 Å². The maximum absolute atomic E-state index is 5.81. The summed E-state index contributed by atoms with van der Waals surface area (Å²) in [5, 5.41) is 2.56. The van der Waals surface area contributed by atoms with Crippen LogP contribution in [0.5, 0.6) is 0 Å². The van der Waals surface area contributed by atoms with Crippen molar-refractivity contribution >= 4 is 22.4 Å². The zero-order chi connectivity index (χ0) is 16.8. The molecule has 1 aliphatic rings. The van der Waals surface area contributed by atoms with Crippen molar-refractivity contribution in [2.45, 2.75) is 6.92 Å². The molecular formula is C24H17O. The highest BCUT2D eigenvalue weighted by molar-refractivity contribution is 6.03. The van der Waals surface area contributed by atoms with Crippen molar-refractivity contribution in [3.8, 4) is 11.1 Å². The lowest BCUT2D eigenvalue weighted by Gasteiger charge is -2.11. The van der Waals surface area contributed by atoms with Crippen LogP contribution in [0.1, 0.15) is 22.6 Å². The van der Waals surface area contributed by atoms with E-state index in [0.29, 0.717) is 0 Å². The molecule has 25 heavy (non-hydrogen) atoms. The van der Waals surface area contributed by atoms with Crippen molar-refractivity contribution in [3.63, 3.8) is 0 Å². The van der Waals surface area contributed by atoms with Crippen LogP contribution >= 0.6 is 0 Å². The van der Waals surface area contributed by atoms with Gasteiger partial charge in [-0.25, -0.2) is 0 Å². The monoisotopic (exact) mass is 321 g/mol. The highest BCUT2D eigenvalue weighted by atomic mass is 16.3. The van der Waals surface area contributed by atoms with Crippen molar-refractivity contribution < 1.29 is 4.42 Å². The lowest BCUT2D eigenvalue weighted by molar-refractivity contribution is 0.522. The molecular weight excluding hydrogens is 304 g/mol. The Morgan fingerprint density at radius 1 is 0.720 bits per heavy atom. The zero-order valence-corrected chi connectivity index (χ0v) is 14.0. The first-order valence-electron chi connectivity index (χ1n) is 8.54. The van der Waals surface area contributed by atoms with E-state index < -0.39 is 0 Å². The summed E-state index contributed by atoms with van der Waals surface area (Å²) in [6, 6.07) is 25.6. The van der Waals surface area contributed by atoms with Gasteiger partial charge in [-0.05, 0) is 58.2 Å². The van der Waals surface area contributed by atoms with Gasteiger partial charge >= 0.3 is 0 Å². The Hall–Kier alpha value is -3.06. The van der Waals surface area contributed by atoms with Gasteiger partial charge in [-0.1, -0.05) is 60.7 Å². The number of rotatable bonds is 2. The molecule has 0 N–H and O–H groups in total. The lowest BCUT2D eigenvalue weighted by atomic mass is 9.93. The molecule has 119 valence electrons. The van der Waals surface area contributed by atoms with Gasteiger partial charge in [-0.2, -0.15) is 0 Å². The molecule has 1 radical (unpaired) electrons. The predicted octanol–water partition coefficient (Wildman–Crippen LogP) is 6.51. The summed E-state index contributed by atoms with van der Waals surface area (Å²) in [6.07, 6.45) is 4.45. The fourth-order valence-corrected chi connectivity index (χ4v) is 3.66. The summed E-state index contributed by atoms with van der Waals surface area (Å²) >= 11 is 0. The quantitative estimate of drug-likeness (QED) is 0.410. The van der Waals surface area contributed by atoms with E-state index in [0.717, 1.165) is 17.1 Å². The predicted molar refractivity (Wildman–Crippen MR) is 104 cm³/mol. The second-order valence-corrected chi connectivity index (χ2v) is 6.49. The summed E-state index contributed by atoms with van der Waals surface area (Å²) in [4.78, 5) is 0. The van der Waals surface area contributed by atoms with Crippen molar-refractivity contribution in [2.24, 2.45) is 0 Å². The molecule has 0 spiro atoms. The minimum atomic E-state index is 0.928. The van der Waals surface area contributed by atoms with Crippen LogP contribution in [0.25, 0.3) is 33.5 Å². The normalized spacial score (nSPS) is 13.1. The fourth-order valence-electron chi connectivity index (χ4n) is 3.66. The highest BCUT2D eigenvalue weighted by Crippen LogP contribution is 2.40. The number of fused-ring (bicyclic) bond motifs is 2. The second-order valence-electron chi connectivity index (χ2n) is 6.49. The van der Waals surface area contributed by atoms with Crippen LogP contribution in [-0.4, -0.2) is 0 Å². The third kappa shape index (κ3) is 2.32. The number of benzene rings is 3. The van der Waals surface area contributed by atoms with Crippen molar-refractivity contribution in [1.29, 1.82) is 0 Å². The molecule has 0 saturated heterocycles. The molecule has 0 amide bonds. The van der Waals surface area contributed by atoms with Gasteiger partial charge in [0.1, 0.15) is 11.5 Å². The third-order valence-electron chi connectivity index (χ3n) is 4.86. The first-order valence-corrected chi connectivity index (χ1v) is 8.54. The third-order valence-corrected chi connectivity index (χ3v) is 4.86. The number of allylic oxidation sites excluding steroid dienone is 1. The zero-order valence-electron chi connectivity index (χ0n) is 14.0. The van der Waals surface area contributed by atoms with Gasteiger partial charge in [0.15, 0.2) is 0 Å². The number of aryl methyl sites for hydroxylation is 1. The molecule has 0 saturated carbocycles. The molecule has 1 heteroatoms. The first-order chi connectivity index (χ1) is 12.3. The molecule has 0 fully saturated rings. The fraction of sp³-hybridized carbons (Fsp3) is 0.0417. The van der Waals surface area contributed by atoms with E-state index in [1.165, 1.54) is 33.0 Å². The van der Waals surface area contributed by atoms with E-state index >= 15 is 0 Å². The molecule has 1 aliphatic carbocycles. The molecule has 3 aromatic carbocycles. The maximum atomic E-state index is 5.81. The topological polar surface area (TPSA) is 13.1 Å². The van der Waals surface area contributed by atoms with E-state index in [1.54, 1.807) is 0 Å². The Kier molecular flexibility index (Phi) is 3.14. The Morgan fingerprint density at radius 3 is 2.40 bits per heavy atom. The second kappa shape index (κ2) is 5.49. The van der Waals surface area contributed by atoms with E-state index in [4.69, 9.17) is 4.42 Å². The van der Waals surface area contributed by atoms with Gasteiger partial charge in [0.05, 0.1) is 0 Å². The number of furan rings is 1. The summed E-state index contributed by atoms with van der Waals surface area (Å²) in [6.45, 7) is 1.98. The highest BCUT2D eigenvalue weighted by Gasteiger charge is 2.20. The smallest absolute Gasteiger partial charge is 0.130 e. The molecule has 0 atom stereocenters. The molecule has 1 aromatic heterocycles. The van der Waals surface area contributed by atoms with Crippen LogP contribution < -0.4 is 0 Å². The maximum Gasteiger partial charge on any atom is 0.130 e. The Morgan fingerprint density at radius 2 is 1.52 bits per heavy atom.